The number of benzene rings is 1. The van der Waals surface area contributed by atoms with Crippen molar-refractivity contribution in [1.29, 1.82) is 0 Å². The minimum atomic E-state index is -0.577. The summed E-state index contributed by atoms with van der Waals surface area (Å²) in [5, 5.41) is 0.855. The molecule has 4 nitrogen and oxygen atoms in total. The summed E-state index contributed by atoms with van der Waals surface area (Å²) in [6.07, 6.45) is 2.03. The highest BCUT2D eigenvalue weighted by atomic mass is 16.5. The number of hydrogen-bond donors (Lipinski definition) is 1. The Hall–Kier alpha value is -2.10. The molecule has 0 radical (unpaired) electrons. The van der Waals surface area contributed by atoms with Crippen LogP contribution in [0.2, 0.25) is 0 Å². The first-order valence-electron chi connectivity index (χ1n) is 6.48. The number of aromatic amines is 1. The summed E-state index contributed by atoms with van der Waals surface area (Å²) < 4.78 is 4.88. The molecule has 4 heteroatoms. The van der Waals surface area contributed by atoms with Gasteiger partial charge in [0.2, 0.25) is 0 Å². The van der Waals surface area contributed by atoms with Crippen LogP contribution >= 0.6 is 0 Å². The largest absolute Gasteiger partial charge is 0.462 e. The molecule has 0 aliphatic carbocycles. The van der Waals surface area contributed by atoms with Gasteiger partial charge in [0.1, 0.15) is 5.56 Å². The maximum absolute atomic E-state index is 11.8. The molecule has 2 aromatic rings. The molecule has 1 aromatic heterocycles. The minimum absolute atomic E-state index is 0.0583. The van der Waals surface area contributed by atoms with Gasteiger partial charge in [-0.25, -0.2) is 4.79 Å². The Kier molecular flexibility index (Phi) is 4.00. The number of aryl methyl sites for hydroxylation is 1. The number of rotatable bonds is 4. The number of aromatic nitrogens is 1. The van der Waals surface area contributed by atoms with E-state index in [1.54, 1.807) is 13.0 Å². The molecule has 0 amide bonds. The molecule has 100 valence electrons. The normalized spacial score (nSPS) is 10.6. The first kappa shape index (κ1) is 13.3. The van der Waals surface area contributed by atoms with E-state index in [1.807, 2.05) is 18.2 Å². The predicted octanol–water partition coefficient (Wildman–Crippen LogP) is 2.66. The fraction of sp³-hybridized carbons (Fsp3) is 0.333. The Morgan fingerprint density at radius 2 is 2.05 bits per heavy atom. The van der Waals surface area contributed by atoms with Crippen LogP contribution in [0.25, 0.3) is 10.9 Å². The maximum atomic E-state index is 11.8. The fourth-order valence-corrected chi connectivity index (χ4v) is 2.06. The van der Waals surface area contributed by atoms with Crippen molar-refractivity contribution >= 4 is 16.9 Å². The van der Waals surface area contributed by atoms with E-state index in [-0.39, 0.29) is 12.2 Å². The zero-order valence-electron chi connectivity index (χ0n) is 11.2. The molecular formula is C15H17NO3. The molecule has 19 heavy (non-hydrogen) atoms. The maximum Gasteiger partial charge on any atom is 0.343 e. The SMILES string of the molecule is CCCc1ccc2[nH]c(=O)c(C(=O)OCC)cc2c1. The number of ether oxygens (including phenoxy) is 1. The van der Waals surface area contributed by atoms with Gasteiger partial charge in [0, 0.05) is 5.52 Å². The third-order valence-corrected chi connectivity index (χ3v) is 2.94. The van der Waals surface area contributed by atoms with Crippen LogP contribution in [-0.2, 0) is 11.2 Å². The van der Waals surface area contributed by atoms with Gasteiger partial charge in [-0.15, -0.1) is 0 Å². The average Bonchev–Trinajstić information content (AvgIpc) is 2.39. The highest BCUT2D eigenvalue weighted by Gasteiger charge is 2.12. The Morgan fingerprint density at radius 3 is 2.74 bits per heavy atom. The molecule has 0 aliphatic heterocycles. The molecule has 0 saturated carbocycles. The highest BCUT2D eigenvalue weighted by molar-refractivity contribution is 5.93. The highest BCUT2D eigenvalue weighted by Crippen LogP contribution is 2.15. The van der Waals surface area contributed by atoms with Gasteiger partial charge in [0.05, 0.1) is 6.61 Å². The molecule has 0 saturated heterocycles. The van der Waals surface area contributed by atoms with E-state index in [4.69, 9.17) is 4.74 Å². The zero-order chi connectivity index (χ0) is 13.8. The summed E-state index contributed by atoms with van der Waals surface area (Å²) in [5.74, 6) is -0.577. The first-order chi connectivity index (χ1) is 9.15. The molecule has 1 N–H and O–H groups in total. The number of nitrogens with one attached hydrogen (secondary N) is 1. The van der Waals surface area contributed by atoms with Crippen molar-refractivity contribution in [2.75, 3.05) is 6.61 Å². The Morgan fingerprint density at radius 1 is 1.26 bits per heavy atom. The fourth-order valence-electron chi connectivity index (χ4n) is 2.06. The standard InChI is InChI=1S/C15H17NO3/c1-3-5-10-6-7-13-11(8-10)9-12(14(17)16-13)15(18)19-4-2/h6-9H,3-5H2,1-2H3,(H,16,17). The average molecular weight is 259 g/mol. The quantitative estimate of drug-likeness (QED) is 0.859. The smallest absolute Gasteiger partial charge is 0.343 e. The van der Waals surface area contributed by atoms with E-state index < -0.39 is 11.5 Å². The van der Waals surface area contributed by atoms with Crippen molar-refractivity contribution in [2.45, 2.75) is 26.7 Å². The molecule has 0 fully saturated rings. The number of fused-ring (bicyclic) bond motifs is 1. The molecule has 0 atom stereocenters. The van der Waals surface area contributed by atoms with Crippen LogP contribution in [0, 0.1) is 0 Å². The molecule has 0 aliphatic rings. The third kappa shape index (κ3) is 2.84. The van der Waals surface area contributed by atoms with E-state index in [1.165, 1.54) is 5.56 Å². The van der Waals surface area contributed by atoms with Crippen LogP contribution in [0.3, 0.4) is 0 Å². The Balaban J connectivity index is 2.52. The van der Waals surface area contributed by atoms with Crippen molar-refractivity contribution in [2.24, 2.45) is 0 Å². The Labute approximate surface area is 111 Å². The molecule has 2 rings (SSSR count). The minimum Gasteiger partial charge on any atom is -0.462 e. The first-order valence-corrected chi connectivity index (χ1v) is 6.48. The number of pyridine rings is 1. The van der Waals surface area contributed by atoms with Crippen molar-refractivity contribution in [3.8, 4) is 0 Å². The van der Waals surface area contributed by atoms with Gasteiger partial charge in [-0.2, -0.15) is 0 Å². The van der Waals surface area contributed by atoms with Gasteiger partial charge in [0.25, 0.3) is 5.56 Å². The van der Waals surface area contributed by atoms with Gasteiger partial charge >= 0.3 is 5.97 Å². The number of hydrogen-bond acceptors (Lipinski definition) is 3. The Bertz CT molecular complexity index is 658. The van der Waals surface area contributed by atoms with Crippen LogP contribution in [0.4, 0.5) is 0 Å². The topological polar surface area (TPSA) is 59.2 Å². The van der Waals surface area contributed by atoms with Gasteiger partial charge in [0.15, 0.2) is 0 Å². The molecule has 1 aromatic carbocycles. The summed E-state index contributed by atoms with van der Waals surface area (Å²) in [6, 6.07) is 7.46. The van der Waals surface area contributed by atoms with Crippen molar-refractivity contribution in [1.82, 2.24) is 4.98 Å². The van der Waals surface area contributed by atoms with Crippen molar-refractivity contribution in [3.63, 3.8) is 0 Å². The van der Waals surface area contributed by atoms with Crippen molar-refractivity contribution in [3.05, 3.63) is 45.7 Å². The van der Waals surface area contributed by atoms with E-state index in [9.17, 15) is 9.59 Å². The van der Waals surface area contributed by atoms with E-state index in [0.29, 0.717) is 0 Å². The molecule has 1 heterocycles. The lowest BCUT2D eigenvalue weighted by molar-refractivity contribution is 0.0524. The van der Waals surface area contributed by atoms with Gasteiger partial charge in [-0.1, -0.05) is 19.4 Å². The van der Waals surface area contributed by atoms with Crippen LogP contribution in [0.15, 0.2) is 29.1 Å². The van der Waals surface area contributed by atoms with Crippen LogP contribution < -0.4 is 5.56 Å². The lowest BCUT2D eigenvalue weighted by Crippen LogP contribution is -2.19. The number of H-pyrrole nitrogens is 1. The summed E-state index contributed by atoms with van der Waals surface area (Å²) in [5.41, 5.74) is 1.58. The van der Waals surface area contributed by atoms with Crippen LogP contribution in [0.5, 0.6) is 0 Å². The van der Waals surface area contributed by atoms with E-state index in [2.05, 4.69) is 11.9 Å². The summed E-state index contributed by atoms with van der Waals surface area (Å²) in [7, 11) is 0. The van der Waals surface area contributed by atoms with E-state index >= 15 is 0 Å². The summed E-state index contributed by atoms with van der Waals surface area (Å²) >= 11 is 0. The summed E-state index contributed by atoms with van der Waals surface area (Å²) in [6.45, 7) is 4.08. The van der Waals surface area contributed by atoms with Crippen LogP contribution in [0.1, 0.15) is 36.2 Å². The lowest BCUT2D eigenvalue weighted by Gasteiger charge is -2.05. The van der Waals surface area contributed by atoms with Crippen LogP contribution in [-0.4, -0.2) is 17.6 Å². The van der Waals surface area contributed by atoms with Gasteiger partial charge in [-0.3, -0.25) is 4.79 Å². The monoisotopic (exact) mass is 259 g/mol. The van der Waals surface area contributed by atoms with Crippen molar-refractivity contribution < 1.29 is 9.53 Å². The van der Waals surface area contributed by atoms with E-state index in [0.717, 1.165) is 23.7 Å². The second-order valence-corrected chi connectivity index (χ2v) is 4.40. The third-order valence-electron chi connectivity index (χ3n) is 2.94. The molecular weight excluding hydrogens is 242 g/mol. The molecule has 0 bridgehead atoms. The molecule has 0 spiro atoms. The van der Waals surface area contributed by atoms with Gasteiger partial charge < -0.3 is 9.72 Å². The predicted molar refractivity (Wildman–Crippen MR) is 74.5 cm³/mol. The number of carbonyl (C=O) groups excluding carboxylic acids is 1. The zero-order valence-corrected chi connectivity index (χ0v) is 11.2. The molecule has 0 unspecified atom stereocenters. The summed E-state index contributed by atoms with van der Waals surface area (Å²) in [4.78, 5) is 26.2. The second kappa shape index (κ2) is 5.69. The van der Waals surface area contributed by atoms with Gasteiger partial charge in [-0.05, 0) is 42.5 Å². The second-order valence-electron chi connectivity index (χ2n) is 4.40. The number of esters is 1. The number of carbonyl (C=O) groups is 1. The lowest BCUT2D eigenvalue weighted by atomic mass is 10.1.